The third-order valence-corrected chi connectivity index (χ3v) is 3.57. The highest BCUT2D eigenvalue weighted by molar-refractivity contribution is 5.95. The van der Waals surface area contributed by atoms with Crippen molar-refractivity contribution in [1.82, 2.24) is 0 Å². The quantitative estimate of drug-likeness (QED) is 0.824. The first-order chi connectivity index (χ1) is 9.60. The van der Waals surface area contributed by atoms with Crippen LogP contribution in [0.2, 0.25) is 0 Å². The second-order valence-corrected chi connectivity index (χ2v) is 5.17. The highest BCUT2D eigenvalue weighted by atomic mass is 16.4. The Hall–Kier alpha value is -1.88. The Bertz CT molecular complexity index is 483. The maximum atomic E-state index is 11.8. The number of aliphatic hydroxyl groups is 1. The van der Waals surface area contributed by atoms with Crippen LogP contribution in [-0.4, -0.2) is 35.2 Å². The highest BCUT2D eigenvalue weighted by Gasteiger charge is 2.29. The van der Waals surface area contributed by atoms with E-state index in [1.54, 1.807) is 4.90 Å². The summed E-state index contributed by atoms with van der Waals surface area (Å²) < 4.78 is 0. The van der Waals surface area contributed by atoms with Crippen LogP contribution < -0.4 is 4.90 Å². The van der Waals surface area contributed by atoms with Gasteiger partial charge in [-0.1, -0.05) is 12.1 Å². The lowest BCUT2D eigenvalue weighted by Crippen LogP contribution is -2.24. The summed E-state index contributed by atoms with van der Waals surface area (Å²) in [5, 5.41) is 17.7. The number of nitrogens with zero attached hydrogens (tertiary/aromatic N) is 1. The molecule has 0 spiro atoms. The molecule has 0 aromatic heterocycles. The van der Waals surface area contributed by atoms with Crippen LogP contribution in [0.15, 0.2) is 24.3 Å². The van der Waals surface area contributed by atoms with Gasteiger partial charge in [0.2, 0.25) is 5.91 Å². The van der Waals surface area contributed by atoms with Crippen LogP contribution in [0.25, 0.3) is 0 Å². The van der Waals surface area contributed by atoms with Crippen LogP contribution >= 0.6 is 0 Å². The number of carboxylic acid groups (broad SMARTS) is 1. The van der Waals surface area contributed by atoms with E-state index in [2.05, 4.69) is 0 Å². The van der Waals surface area contributed by atoms with E-state index in [4.69, 9.17) is 10.2 Å². The second-order valence-electron chi connectivity index (χ2n) is 5.17. The molecule has 1 aliphatic rings. The van der Waals surface area contributed by atoms with Crippen molar-refractivity contribution in [1.29, 1.82) is 0 Å². The summed E-state index contributed by atoms with van der Waals surface area (Å²) in [5.41, 5.74) is 1.91. The van der Waals surface area contributed by atoms with Gasteiger partial charge < -0.3 is 15.1 Å². The molecule has 1 heterocycles. The molecule has 5 nitrogen and oxygen atoms in total. The molecule has 2 N–H and O–H groups in total. The van der Waals surface area contributed by atoms with E-state index >= 15 is 0 Å². The number of hydrogen-bond acceptors (Lipinski definition) is 3. The molecule has 0 radical (unpaired) electrons. The van der Waals surface area contributed by atoms with Gasteiger partial charge in [0.05, 0.1) is 0 Å². The van der Waals surface area contributed by atoms with Crippen LogP contribution in [0, 0.1) is 5.92 Å². The first-order valence-electron chi connectivity index (χ1n) is 6.82. The fourth-order valence-corrected chi connectivity index (χ4v) is 2.44. The summed E-state index contributed by atoms with van der Waals surface area (Å²) in [5.74, 6) is -0.709. The molecule has 0 bridgehead atoms. The summed E-state index contributed by atoms with van der Waals surface area (Å²) in [6, 6.07) is 7.62. The van der Waals surface area contributed by atoms with Crippen LogP contribution in [-0.2, 0) is 16.0 Å². The molecular formula is C15H19NO4. The fourth-order valence-electron chi connectivity index (χ4n) is 2.44. The molecule has 1 saturated heterocycles. The van der Waals surface area contributed by atoms with E-state index in [1.165, 1.54) is 0 Å². The Balaban J connectivity index is 1.94. The first-order valence-corrected chi connectivity index (χ1v) is 6.82. The van der Waals surface area contributed by atoms with Crippen molar-refractivity contribution < 1.29 is 19.8 Å². The SMILES string of the molecule is O=C(O)CCCc1ccc(N2CC(CO)CC2=O)cc1. The lowest BCUT2D eigenvalue weighted by molar-refractivity contribution is -0.137. The van der Waals surface area contributed by atoms with Crippen LogP contribution in [0.4, 0.5) is 5.69 Å². The van der Waals surface area contributed by atoms with Crippen molar-refractivity contribution >= 4 is 17.6 Å². The molecule has 5 heteroatoms. The summed E-state index contributed by atoms with van der Waals surface area (Å²) in [6.07, 6.45) is 1.91. The van der Waals surface area contributed by atoms with Crippen LogP contribution in [0.5, 0.6) is 0 Å². The van der Waals surface area contributed by atoms with E-state index in [0.717, 1.165) is 17.7 Å². The molecule has 1 aliphatic heterocycles. The van der Waals surface area contributed by atoms with Gasteiger partial charge in [-0.05, 0) is 30.5 Å². The van der Waals surface area contributed by atoms with Gasteiger partial charge in [0, 0.05) is 37.6 Å². The molecule has 108 valence electrons. The molecule has 20 heavy (non-hydrogen) atoms. The normalized spacial score (nSPS) is 18.6. The zero-order valence-corrected chi connectivity index (χ0v) is 11.3. The van der Waals surface area contributed by atoms with Crippen LogP contribution in [0.3, 0.4) is 0 Å². The summed E-state index contributed by atoms with van der Waals surface area (Å²) in [4.78, 5) is 24.0. The minimum atomic E-state index is -0.778. The zero-order chi connectivity index (χ0) is 14.5. The molecule has 1 unspecified atom stereocenters. The van der Waals surface area contributed by atoms with Crippen molar-refractivity contribution in [2.75, 3.05) is 18.1 Å². The van der Waals surface area contributed by atoms with E-state index in [0.29, 0.717) is 19.4 Å². The molecule has 1 atom stereocenters. The number of aliphatic carboxylic acids is 1. The number of carbonyl (C=O) groups is 2. The molecule has 1 fully saturated rings. The van der Waals surface area contributed by atoms with Gasteiger partial charge in [0.1, 0.15) is 0 Å². The fraction of sp³-hybridized carbons (Fsp3) is 0.467. The number of carbonyl (C=O) groups excluding carboxylic acids is 1. The maximum Gasteiger partial charge on any atom is 0.303 e. The van der Waals surface area contributed by atoms with Gasteiger partial charge in [-0.3, -0.25) is 9.59 Å². The Labute approximate surface area is 117 Å². The predicted molar refractivity (Wildman–Crippen MR) is 74.6 cm³/mol. The molecule has 0 aliphatic carbocycles. The molecule has 1 amide bonds. The Morgan fingerprint density at radius 2 is 2.00 bits per heavy atom. The lowest BCUT2D eigenvalue weighted by Gasteiger charge is -2.16. The average Bonchev–Trinajstić information content (AvgIpc) is 2.80. The van der Waals surface area contributed by atoms with Gasteiger partial charge in [-0.15, -0.1) is 0 Å². The number of hydrogen-bond donors (Lipinski definition) is 2. The number of carboxylic acids is 1. The molecular weight excluding hydrogens is 258 g/mol. The van der Waals surface area contributed by atoms with E-state index in [9.17, 15) is 9.59 Å². The minimum Gasteiger partial charge on any atom is -0.481 e. The first kappa shape index (κ1) is 14.5. The standard InChI is InChI=1S/C15H19NO4/c17-10-12-8-14(18)16(9-12)13-6-4-11(5-7-13)2-1-3-15(19)20/h4-7,12,17H,1-3,8-10H2,(H,19,20). The van der Waals surface area contributed by atoms with Crippen molar-refractivity contribution in [2.45, 2.75) is 25.7 Å². The van der Waals surface area contributed by atoms with Crippen molar-refractivity contribution in [2.24, 2.45) is 5.92 Å². The van der Waals surface area contributed by atoms with E-state index in [-0.39, 0.29) is 24.9 Å². The lowest BCUT2D eigenvalue weighted by atomic mass is 10.1. The number of benzene rings is 1. The zero-order valence-electron chi connectivity index (χ0n) is 11.3. The average molecular weight is 277 g/mol. The molecule has 2 rings (SSSR count). The van der Waals surface area contributed by atoms with Gasteiger partial charge >= 0.3 is 5.97 Å². The highest BCUT2D eigenvalue weighted by Crippen LogP contribution is 2.25. The van der Waals surface area contributed by atoms with Crippen LogP contribution in [0.1, 0.15) is 24.8 Å². The number of aryl methyl sites for hydroxylation is 1. The second kappa shape index (κ2) is 6.52. The Morgan fingerprint density at radius 1 is 1.30 bits per heavy atom. The number of anilines is 1. The summed E-state index contributed by atoms with van der Waals surface area (Å²) in [6.45, 7) is 0.600. The number of rotatable bonds is 6. The minimum absolute atomic E-state index is 0.0257. The smallest absolute Gasteiger partial charge is 0.303 e. The predicted octanol–water partition coefficient (Wildman–Crippen LogP) is 1.44. The van der Waals surface area contributed by atoms with Gasteiger partial charge in [-0.25, -0.2) is 0 Å². The number of aliphatic hydroxyl groups excluding tert-OH is 1. The Kier molecular flexibility index (Phi) is 4.74. The van der Waals surface area contributed by atoms with E-state index in [1.807, 2.05) is 24.3 Å². The Morgan fingerprint density at radius 3 is 2.55 bits per heavy atom. The summed E-state index contributed by atoms with van der Waals surface area (Å²) in [7, 11) is 0. The largest absolute Gasteiger partial charge is 0.481 e. The number of amides is 1. The molecule has 1 aromatic carbocycles. The van der Waals surface area contributed by atoms with Crippen molar-refractivity contribution in [3.05, 3.63) is 29.8 Å². The van der Waals surface area contributed by atoms with Gasteiger partial charge in [0.25, 0.3) is 0 Å². The third-order valence-electron chi connectivity index (χ3n) is 3.57. The maximum absolute atomic E-state index is 11.8. The third kappa shape index (κ3) is 3.57. The van der Waals surface area contributed by atoms with Gasteiger partial charge in [0.15, 0.2) is 0 Å². The van der Waals surface area contributed by atoms with Crippen molar-refractivity contribution in [3.8, 4) is 0 Å². The monoisotopic (exact) mass is 277 g/mol. The van der Waals surface area contributed by atoms with Crippen molar-refractivity contribution in [3.63, 3.8) is 0 Å². The topological polar surface area (TPSA) is 77.8 Å². The molecule has 1 aromatic rings. The summed E-state index contributed by atoms with van der Waals surface area (Å²) >= 11 is 0. The van der Waals surface area contributed by atoms with E-state index < -0.39 is 5.97 Å². The molecule has 0 saturated carbocycles. The van der Waals surface area contributed by atoms with Gasteiger partial charge in [-0.2, -0.15) is 0 Å².